The second-order valence-corrected chi connectivity index (χ2v) is 7.93. The van der Waals surface area contributed by atoms with Gasteiger partial charge in [0.25, 0.3) is 0 Å². The van der Waals surface area contributed by atoms with Gasteiger partial charge >= 0.3 is 7.82 Å². The number of allylic oxidation sites excluding steroid dienone is 1. The number of unbranched alkanes of at least 4 members (excludes halogenated alkanes) is 11. The largest absolute Gasteiger partial charge is 0.469 e. The number of hydrogen-bond donors (Lipinski definition) is 4. The number of nitrogens with two attached hydrogens (primary N) is 1. The first-order valence-corrected chi connectivity index (χ1v) is 11.2. The van der Waals surface area contributed by atoms with Gasteiger partial charge in [0.15, 0.2) is 0 Å². The highest BCUT2D eigenvalue weighted by Gasteiger charge is 2.19. The second-order valence-electron chi connectivity index (χ2n) is 6.69. The van der Waals surface area contributed by atoms with Gasteiger partial charge in [0.05, 0.1) is 18.8 Å². The summed E-state index contributed by atoms with van der Waals surface area (Å²) in [6.07, 6.45) is 17.6. The molecule has 0 aliphatic heterocycles. The van der Waals surface area contributed by atoms with E-state index in [0.717, 1.165) is 12.8 Å². The van der Waals surface area contributed by atoms with Gasteiger partial charge in [-0.05, 0) is 12.8 Å². The second kappa shape index (κ2) is 16.0. The first-order valence-electron chi connectivity index (χ1n) is 9.67. The van der Waals surface area contributed by atoms with Crippen molar-refractivity contribution in [3.05, 3.63) is 12.2 Å². The molecule has 0 heterocycles. The van der Waals surface area contributed by atoms with Gasteiger partial charge in [-0.3, -0.25) is 4.52 Å². The van der Waals surface area contributed by atoms with Crippen molar-refractivity contribution < 1.29 is 24.0 Å². The molecule has 0 aromatic rings. The SMILES string of the molecule is CCCCCCCCCCCCCC=C[C@H](O)[C@H](N)COP(=O)(O)O. The lowest BCUT2D eigenvalue weighted by Gasteiger charge is -2.15. The fraction of sp³-hybridized carbons (Fsp3) is 0.889. The minimum Gasteiger partial charge on any atom is -0.387 e. The third-order valence-electron chi connectivity index (χ3n) is 4.18. The van der Waals surface area contributed by atoms with Crippen LogP contribution >= 0.6 is 7.82 Å². The van der Waals surface area contributed by atoms with E-state index in [1.807, 2.05) is 6.08 Å². The number of aliphatic hydroxyl groups excluding tert-OH is 1. The van der Waals surface area contributed by atoms with Crippen LogP contribution in [0.4, 0.5) is 0 Å². The van der Waals surface area contributed by atoms with Crippen LogP contribution in [0.5, 0.6) is 0 Å². The molecule has 2 atom stereocenters. The molecular weight excluding hydrogens is 341 g/mol. The molecule has 7 heteroatoms. The zero-order valence-corrected chi connectivity index (χ0v) is 16.6. The number of phosphoric acid groups is 1. The van der Waals surface area contributed by atoms with E-state index in [1.54, 1.807) is 6.08 Å². The van der Waals surface area contributed by atoms with E-state index in [4.69, 9.17) is 15.5 Å². The van der Waals surface area contributed by atoms with E-state index >= 15 is 0 Å². The monoisotopic (exact) mass is 379 g/mol. The van der Waals surface area contributed by atoms with Crippen LogP contribution in [0.25, 0.3) is 0 Å². The predicted molar refractivity (Wildman–Crippen MR) is 102 cm³/mol. The van der Waals surface area contributed by atoms with Crippen LogP contribution in [-0.4, -0.2) is 33.6 Å². The summed E-state index contributed by atoms with van der Waals surface area (Å²) < 4.78 is 14.8. The minimum atomic E-state index is -4.53. The number of phosphoric ester groups is 1. The van der Waals surface area contributed by atoms with Crippen LogP contribution in [0.2, 0.25) is 0 Å². The van der Waals surface area contributed by atoms with E-state index in [0.29, 0.717) is 0 Å². The Bertz CT molecular complexity index is 372. The number of hydrogen-bond acceptors (Lipinski definition) is 4. The predicted octanol–water partition coefficient (Wildman–Crippen LogP) is 4.04. The Labute approximate surface area is 153 Å². The lowest BCUT2D eigenvalue weighted by Crippen LogP contribution is -2.37. The maximum Gasteiger partial charge on any atom is 0.469 e. The Hall–Kier alpha value is -0.230. The molecule has 150 valence electrons. The molecule has 6 nitrogen and oxygen atoms in total. The molecule has 0 aromatic carbocycles. The minimum absolute atomic E-state index is 0.381. The van der Waals surface area contributed by atoms with Crippen molar-refractivity contribution in [3.8, 4) is 0 Å². The quantitative estimate of drug-likeness (QED) is 0.172. The van der Waals surface area contributed by atoms with Crippen LogP contribution in [0.1, 0.15) is 84.0 Å². The topological polar surface area (TPSA) is 113 Å². The van der Waals surface area contributed by atoms with Crippen molar-refractivity contribution in [1.82, 2.24) is 0 Å². The number of aliphatic hydroxyl groups is 1. The molecule has 0 unspecified atom stereocenters. The summed E-state index contributed by atoms with van der Waals surface area (Å²) in [5.74, 6) is 0. The van der Waals surface area contributed by atoms with Crippen LogP contribution in [-0.2, 0) is 9.09 Å². The summed E-state index contributed by atoms with van der Waals surface area (Å²) >= 11 is 0. The molecule has 0 amide bonds. The summed E-state index contributed by atoms with van der Waals surface area (Å²) in [6.45, 7) is 1.86. The van der Waals surface area contributed by atoms with E-state index in [2.05, 4.69) is 11.4 Å². The molecule has 0 radical (unpaired) electrons. The zero-order chi connectivity index (χ0) is 19.0. The van der Waals surface area contributed by atoms with Crippen LogP contribution < -0.4 is 5.73 Å². The van der Waals surface area contributed by atoms with Crippen molar-refractivity contribution in [3.63, 3.8) is 0 Å². The molecule has 0 fully saturated rings. The lowest BCUT2D eigenvalue weighted by molar-refractivity contribution is 0.129. The fourth-order valence-electron chi connectivity index (χ4n) is 2.59. The summed E-state index contributed by atoms with van der Waals surface area (Å²) in [4.78, 5) is 17.2. The molecule has 0 aliphatic carbocycles. The highest BCUT2D eigenvalue weighted by Crippen LogP contribution is 2.35. The van der Waals surface area contributed by atoms with Crippen LogP contribution in [0.3, 0.4) is 0 Å². The molecule has 0 rings (SSSR count). The Morgan fingerprint density at radius 3 is 1.92 bits per heavy atom. The maximum absolute atomic E-state index is 10.6. The molecule has 0 spiro atoms. The summed E-state index contributed by atoms with van der Waals surface area (Å²) in [6, 6.07) is -0.846. The molecule has 25 heavy (non-hydrogen) atoms. The summed E-state index contributed by atoms with van der Waals surface area (Å²) in [7, 11) is -4.53. The van der Waals surface area contributed by atoms with Gasteiger partial charge in [0, 0.05) is 0 Å². The molecule has 0 aromatic heterocycles. The Morgan fingerprint density at radius 2 is 1.44 bits per heavy atom. The van der Waals surface area contributed by atoms with Gasteiger partial charge in [-0.1, -0.05) is 83.3 Å². The standard InChI is InChI=1S/C18H38NO5P/c1-2-3-4-5-6-7-8-9-10-11-12-13-14-15-18(20)17(19)16-24-25(21,22)23/h14-15,17-18,20H,2-13,16,19H2,1H3,(H2,21,22,23)/t17-,18+/m1/s1. The summed E-state index contributed by atoms with van der Waals surface area (Å²) in [5, 5.41) is 9.75. The first kappa shape index (κ1) is 24.8. The number of rotatable bonds is 17. The van der Waals surface area contributed by atoms with Crippen molar-refractivity contribution in [1.29, 1.82) is 0 Å². The highest BCUT2D eigenvalue weighted by atomic mass is 31.2. The Morgan fingerprint density at radius 1 is 0.960 bits per heavy atom. The van der Waals surface area contributed by atoms with Gasteiger partial charge in [0.2, 0.25) is 0 Å². The highest BCUT2D eigenvalue weighted by molar-refractivity contribution is 7.46. The lowest BCUT2D eigenvalue weighted by atomic mass is 10.0. The van der Waals surface area contributed by atoms with Gasteiger partial charge in [-0.25, -0.2) is 4.57 Å². The average molecular weight is 379 g/mol. The molecule has 0 aliphatic rings. The van der Waals surface area contributed by atoms with E-state index in [9.17, 15) is 9.67 Å². The Balaban J connectivity index is 3.46. The van der Waals surface area contributed by atoms with Gasteiger partial charge in [-0.2, -0.15) is 0 Å². The molecule has 0 saturated heterocycles. The van der Waals surface area contributed by atoms with Gasteiger partial charge in [-0.15, -0.1) is 0 Å². The van der Waals surface area contributed by atoms with E-state index < -0.39 is 20.0 Å². The normalized spacial score (nSPS) is 14.9. The molecule has 0 saturated carbocycles. The molecular formula is C18H38NO5P. The van der Waals surface area contributed by atoms with Crippen molar-refractivity contribution in [2.45, 2.75) is 96.1 Å². The average Bonchev–Trinajstić information content (AvgIpc) is 2.56. The van der Waals surface area contributed by atoms with E-state index in [1.165, 1.54) is 64.2 Å². The first-order chi connectivity index (χ1) is 11.9. The zero-order valence-electron chi connectivity index (χ0n) is 15.7. The third-order valence-corrected chi connectivity index (χ3v) is 4.67. The fourth-order valence-corrected chi connectivity index (χ4v) is 2.95. The van der Waals surface area contributed by atoms with Crippen LogP contribution in [0.15, 0.2) is 12.2 Å². The Kier molecular flexibility index (Phi) is 15.8. The summed E-state index contributed by atoms with van der Waals surface area (Å²) in [5.41, 5.74) is 5.60. The third kappa shape index (κ3) is 18.4. The van der Waals surface area contributed by atoms with Gasteiger partial charge in [0.1, 0.15) is 0 Å². The van der Waals surface area contributed by atoms with Gasteiger partial charge < -0.3 is 20.6 Å². The van der Waals surface area contributed by atoms with Crippen molar-refractivity contribution in [2.75, 3.05) is 6.61 Å². The van der Waals surface area contributed by atoms with Crippen LogP contribution in [0, 0.1) is 0 Å². The molecule has 0 bridgehead atoms. The maximum atomic E-state index is 10.6. The van der Waals surface area contributed by atoms with E-state index in [-0.39, 0.29) is 6.61 Å². The van der Waals surface area contributed by atoms with Crippen molar-refractivity contribution >= 4 is 7.82 Å². The molecule has 5 N–H and O–H groups in total. The van der Waals surface area contributed by atoms with Crippen molar-refractivity contribution in [2.24, 2.45) is 5.73 Å². The smallest absolute Gasteiger partial charge is 0.387 e.